The van der Waals surface area contributed by atoms with Gasteiger partial charge in [-0.1, -0.05) is 39.0 Å². The third-order valence-electron chi connectivity index (χ3n) is 4.14. The van der Waals surface area contributed by atoms with Crippen LogP contribution in [0.2, 0.25) is 0 Å². The van der Waals surface area contributed by atoms with E-state index in [-0.39, 0.29) is 35.1 Å². The maximum Gasteiger partial charge on any atom is 0.240 e. The molecule has 0 aliphatic carbocycles. The number of sulfonamides is 1. The molecule has 0 aromatic heterocycles. The zero-order valence-electron chi connectivity index (χ0n) is 17.1. The summed E-state index contributed by atoms with van der Waals surface area (Å²) in [5, 5.41) is 5.43. The first kappa shape index (κ1) is 22.6. The van der Waals surface area contributed by atoms with Crippen LogP contribution in [0.1, 0.15) is 39.7 Å². The lowest BCUT2D eigenvalue weighted by atomic mass is 9.86. The van der Waals surface area contributed by atoms with Gasteiger partial charge in [-0.15, -0.1) is 0 Å². The molecule has 2 aromatic carbocycles. The first-order chi connectivity index (χ1) is 13.5. The van der Waals surface area contributed by atoms with Crippen LogP contribution in [-0.2, 0) is 25.0 Å². The van der Waals surface area contributed by atoms with Crippen LogP contribution in [0.5, 0.6) is 0 Å². The number of carbonyl (C=O) groups excluding carboxylic acids is 2. The van der Waals surface area contributed by atoms with Crippen molar-refractivity contribution in [1.29, 1.82) is 0 Å². The first-order valence-electron chi connectivity index (χ1n) is 9.26. The lowest BCUT2D eigenvalue weighted by Crippen LogP contribution is -2.28. The molecule has 8 heteroatoms. The first-order valence-corrected chi connectivity index (χ1v) is 10.7. The van der Waals surface area contributed by atoms with E-state index in [1.807, 2.05) is 24.3 Å². The summed E-state index contributed by atoms with van der Waals surface area (Å²) in [4.78, 5) is 23.4. The Bertz CT molecular complexity index is 978. The summed E-state index contributed by atoms with van der Waals surface area (Å²) >= 11 is 0. The molecule has 0 aliphatic heterocycles. The van der Waals surface area contributed by atoms with Gasteiger partial charge in [-0.3, -0.25) is 9.59 Å². The molecule has 0 spiro atoms. The standard InChI is InChI=1S/C21H27N3O4S/c1-15(25)23-16-9-11-17(12-10-16)29(27,28)22-14-13-20(26)24-19-8-6-5-7-18(19)21(2,3)4/h5-12,22H,13-14H2,1-4H3,(H,23,25)(H,24,26). The minimum Gasteiger partial charge on any atom is -0.326 e. The Morgan fingerprint density at radius 3 is 2.14 bits per heavy atom. The van der Waals surface area contributed by atoms with Crippen LogP contribution >= 0.6 is 0 Å². The lowest BCUT2D eigenvalue weighted by Gasteiger charge is -2.23. The lowest BCUT2D eigenvalue weighted by molar-refractivity contribution is -0.116. The molecule has 29 heavy (non-hydrogen) atoms. The molecule has 7 nitrogen and oxygen atoms in total. The number of anilines is 2. The molecule has 0 aliphatic rings. The van der Waals surface area contributed by atoms with Gasteiger partial charge in [0.1, 0.15) is 0 Å². The van der Waals surface area contributed by atoms with Gasteiger partial charge >= 0.3 is 0 Å². The van der Waals surface area contributed by atoms with Gasteiger partial charge in [-0.25, -0.2) is 13.1 Å². The zero-order valence-corrected chi connectivity index (χ0v) is 17.9. The molecular weight excluding hydrogens is 390 g/mol. The summed E-state index contributed by atoms with van der Waals surface area (Å²) in [7, 11) is -3.75. The SMILES string of the molecule is CC(=O)Nc1ccc(S(=O)(=O)NCCC(=O)Nc2ccccc2C(C)(C)C)cc1. The second-order valence-electron chi connectivity index (χ2n) is 7.70. The summed E-state index contributed by atoms with van der Waals surface area (Å²) < 4.78 is 27.1. The predicted molar refractivity (Wildman–Crippen MR) is 114 cm³/mol. The molecule has 0 radical (unpaired) electrons. The number of benzene rings is 2. The van der Waals surface area contributed by atoms with E-state index in [4.69, 9.17) is 0 Å². The van der Waals surface area contributed by atoms with Gasteiger partial charge in [0.25, 0.3) is 0 Å². The number of hydrogen-bond donors (Lipinski definition) is 3. The Balaban J connectivity index is 1.94. The van der Waals surface area contributed by atoms with Crippen molar-refractivity contribution in [1.82, 2.24) is 4.72 Å². The van der Waals surface area contributed by atoms with Gasteiger partial charge < -0.3 is 10.6 Å². The van der Waals surface area contributed by atoms with Crippen LogP contribution in [0.15, 0.2) is 53.4 Å². The smallest absolute Gasteiger partial charge is 0.240 e. The van der Waals surface area contributed by atoms with E-state index in [1.165, 1.54) is 31.2 Å². The molecule has 0 unspecified atom stereocenters. The number of carbonyl (C=O) groups is 2. The molecule has 0 atom stereocenters. The number of para-hydroxylation sites is 1. The highest BCUT2D eigenvalue weighted by Crippen LogP contribution is 2.29. The molecule has 0 fully saturated rings. The van der Waals surface area contributed by atoms with Gasteiger partial charge in [0.05, 0.1) is 4.90 Å². The largest absolute Gasteiger partial charge is 0.326 e. The Labute approximate surface area is 172 Å². The summed E-state index contributed by atoms with van der Waals surface area (Å²) in [6.07, 6.45) is 0.00167. The van der Waals surface area contributed by atoms with Crippen molar-refractivity contribution >= 4 is 33.2 Å². The quantitative estimate of drug-likeness (QED) is 0.643. The summed E-state index contributed by atoms with van der Waals surface area (Å²) in [5.74, 6) is -0.511. The van der Waals surface area contributed by atoms with Gasteiger partial charge in [0.2, 0.25) is 21.8 Å². The summed E-state index contributed by atoms with van der Waals surface area (Å²) in [6, 6.07) is 13.4. The van der Waals surface area contributed by atoms with Gasteiger partial charge in [0, 0.05) is 31.3 Å². The van der Waals surface area contributed by atoms with Crippen LogP contribution in [-0.4, -0.2) is 26.8 Å². The van der Waals surface area contributed by atoms with E-state index in [9.17, 15) is 18.0 Å². The number of hydrogen-bond acceptors (Lipinski definition) is 4. The average molecular weight is 418 g/mol. The van der Waals surface area contributed by atoms with Gasteiger partial charge in [-0.05, 0) is 41.3 Å². The van der Waals surface area contributed by atoms with E-state index < -0.39 is 10.0 Å². The van der Waals surface area contributed by atoms with Crippen molar-refractivity contribution in [3.8, 4) is 0 Å². The fourth-order valence-corrected chi connectivity index (χ4v) is 3.79. The number of nitrogens with one attached hydrogen (secondary N) is 3. The molecular formula is C21H27N3O4S. The van der Waals surface area contributed by atoms with Gasteiger partial charge in [-0.2, -0.15) is 0 Å². The zero-order chi connectivity index (χ0) is 21.7. The Morgan fingerprint density at radius 2 is 1.55 bits per heavy atom. The highest BCUT2D eigenvalue weighted by Gasteiger charge is 2.19. The minimum absolute atomic E-state index is 0.00167. The monoisotopic (exact) mass is 417 g/mol. The molecule has 2 aromatic rings. The molecule has 3 N–H and O–H groups in total. The van der Waals surface area contributed by atoms with Crippen LogP contribution in [0.3, 0.4) is 0 Å². The van der Waals surface area contributed by atoms with E-state index in [1.54, 1.807) is 0 Å². The molecule has 0 heterocycles. The van der Waals surface area contributed by atoms with E-state index in [2.05, 4.69) is 36.1 Å². The molecule has 0 bridgehead atoms. The van der Waals surface area contributed by atoms with Crippen LogP contribution in [0, 0.1) is 0 Å². The molecule has 2 amide bonds. The molecule has 2 rings (SSSR count). The fourth-order valence-electron chi connectivity index (χ4n) is 2.76. The second-order valence-corrected chi connectivity index (χ2v) is 9.46. The Morgan fingerprint density at radius 1 is 0.931 bits per heavy atom. The summed E-state index contributed by atoms with van der Waals surface area (Å²) in [5.41, 5.74) is 2.11. The van der Waals surface area contributed by atoms with Crippen LogP contribution in [0.25, 0.3) is 0 Å². The Hall–Kier alpha value is -2.71. The third-order valence-corrected chi connectivity index (χ3v) is 5.62. The van der Waals surface area contributed by atoms with Gasteiger partial charge in [0.15, 0.2) is 0 Å². The fraction of sp³-hybridized carbons (Fsp3) is 0.333. The third kappa shape index (κ3) is 6.69. The predicted octanol–water partition coefficient (Wildman–Crippen LogP) is 3.25. The topological polar surface area (TPSA) is 104 Å². The molecule has 0 saturated carbocycles. The van der Waals surface area contributed by atoms with Crippen molar-refractivity contribution in [2.45, 2.75) is 44.4 Å². The van der Waals surface area contributed by atoms with Crippen molar-refractivity contribution < 1.29 is 18.0 Å². The van der Waals surface area contributed by atoms with Crippen LogP contribution < -0.4 is 15.4 Å². The van der Waals surface area contributed by atoms with E-state index in [0.29, 0.717) is 5.69 Å². The molecule has 0 saturated heterocycles. The molecule has 156 valence electrons. The highest BCUT2D eigenvalue weighted by molar-refractivity contribution is 7.89. The van der Waals surface area contributed by atoms with E-state index >= 15 is 0 Å². The maximum absolute atomic E-state index is 12.4. The van der Waals surface area contributed by atoms with Crippen molar-refractivity contribution in [2.75, 3.05) is 17.2 Å². The summed E-state index contributed by atoms with van der Waals surface area (Å²) in [6.45, 7) is 7.52. The van der Waals surface area contributed by atoms with Crippen molar-refractivity contribution in [3.63, 3.8) is 0 Å². The van der Waals surface area contributed by atoms with Crippen molar-refractivity contribution in [2.24, 2.45) is 0 Å². The second kappa shape index (κ2) is 9.19. The number of rotatable bonds is 7. The minimum atomic E-state index is -3.75. The average Bonchev–Trinajstić information content (AvgIpc) is 2.61. The van der Waals surface area contributed by atoms with Crippen LogP contribution in [0.4, 0.5) is 11.4 Å². The normalized spacial score (nSPS) is 11.7. The van der Waals surface area contributed by atoms with Crippen molar-refractivity contribution in [3.05, 3.63) is 54.1 Å². The Kier molecular flexibility index (Phi) is 7.16. The highest BCUT2D eigenvalue weighted by atomic mass is 32.2. The maximum atomic E-state index is 12.4. The number of amides is 2. The van der Waals surface area contributed by atoms with E-state index in [0.717, 1.165) is 11.3 Å².